The number of aromatic hydroxyl groups is 4. The second-order valence-corrected chi connectivity index (χ2v) is 7.69. The SMILES string of the molecule is NC(=O)/C=C/c1cc(O)c(O)cc1C1CCC(c2cc(O)c(O)cc2/C=C/C(N)=O)C1O. The standard InChI is InChI=1S/C23H24N2O7/c24-21(30)5-1-11-7-17(26)19(28)9-15(11)13-3-4-14(23(13)32)16-10-20(29)18(27)8-12(16)2-6-22(25)31/h1-2,5-10,13-14,23,26-29,32H,3-4H2,(H2,24,30)(H2,25,31)/b5-1+,6-2+. The first-order valence-corrected chi connectivity index (χ1v) is 9.83. The van der Waals surface area contributed by atoms with Crippen molar-refractivity contribution in [2.45, 2.75) is 30.8 Å². The lowest BCUT2D eigenvalue weighted by Gasteiger charge is -2.23. The first-order valence-electron chi connectivity index (χ1n) is 9.83. The highest BCUT2D eigenvalue weighted by atomic mass is 16.3. The highest BCUT2D eigenvalue weighted by molar-refractivity contribution is 5.91. The van der Waals surface area contributed by atoms with E-state index < -0.39 is 29.8 Å². The maximum atomic E-state index is 11.2. The maximum Gasteiger partial charge on any atom is 0.241 e. The van der Waals surface area contributed by atoms with Crippen molar-refractivity contribution in [1.29, 1.82) is 0 Å². The van der Waals surface area contributed by atoms with Gasteiger partial charge in [-0.1, -0.05) is 0 Å². The molecule has 2 aromatic rings. The monoisotopic (exact) mass is 440 g/mol. The van der Waals surface area contributed by atoms with Crippen molar-refractivity contribution >= 4 is 24.0 Å². The third kappa shape index (κ3) is 4.68. The average molecular weight is 440 g/mol. The molecule has 9 nitrogen and oxygen atoms in total. The number of benzene rings is 2. The summed E-state index contributed by atoms with van der Waals surface area (Å²) in [7, 11) is 0. The minimum atomic E-state index is -0.982. The van der Waals surface area contributed by atoms with Gasteiger partial charge in [0.25, 0.3) is 0 Å². The van der Waals surface area contributed by atoms with Gasteiger partial charge in [0.1, 0.15) is 0 Å². The van der Waals surface area contributed by atoms with Crippen LogP contribution in [0, 0.1) is 0 Å². The van der Waals surface area contributed by atoms with Crippen LogP contribution in [0.15, 0.2) is 36.4 Å². The predicted molar refractivity (Wildman–Crippen MR) is 117 cm³/mol. The van der Waals surface area contributed by atoms with Crippen LogP contribution in [0.3, 0.4) is 0 Å². The lowest BCUT2D eigenvalue weighted by molar-refractivity contribution is -0.114. The number of carbonyl (C=O) groups is 2. The van der Waals surface area contributed by atoms with Crippen LogP contribution < -0.4 is 11.5 Å². The molecular weight excluding hydrogens is 416 g/mol. The molecule has 168 valence electrons. The van der Waals surface area contributed by atoms with E-state index in [1.165, 1.54) is 36.4 Å². The molecule has 1 fully saturated rings. The Bertz CT molecular complexity index is 1040. The second kappa shape index (κ2) is 9.03. The van der Waals surface area contributed by atoms with Gasteiger partial charge in [-0.2, -0.15) is 0 Å². The van der Waals surface area contributed by atoms with Crippen molar-refractivity contribution in [1.82, 2.24) is 0 Å². The van der Waals surface area contributed by atoms with Gasteiger partial charge in [0.2, 0.25) is 11.8 Å². The van der Waals surface area contributed by atoms with Gasteiger partial charge in [-0.15, -0.1) is 0 Å². The number of carbonyl (C=O) groups excluding carboxylic acids is 2. The van der Waals surface area contributed by atoms with E-state index in [0.717, 1.165) is 12.2 Å². The average Bonchev–Trinajstić information content (AvgIpc) is 3.10. The molecule has 2 atom stereocenters. The molecule has 0 aromatic heterocycles. The van der Waals surface area contributed by atoms with Gasteiger partial charge < -0.3 is 37.0 Å². The molecule has 3 rings (SSSR count). The number of hydrogen-bond acceptors (Lipinski definition) is 7. The number of phenolic OH excluding ortho intramolecular Hbond substituents is 4. The molecular formula is C23H24N2O7. The van der Waals surface area contributed by atoms with E-state index in [-0.39, 0.29) is 23.0 Å². The molecule has 9 N–H and O–H groups in total. The number of amides is 2. The molecule has 0 spiro atoms. The number of phenols is 4. The molecule has 1 aliphatic rings. The molecule has 1 aliphatic carbocycles. The lowest BCUT2D eigenvalue weighted by Crippen LogP contribution is -2.20. The minimum absolute atomic E-state index is 0.376. The van der Waals surface area contributed by atoms with Crippen molar-refractivity contribution < 1.29 is 35.1 Å². The van der Waals surface area contributed by atoms with E-state index in [9.17, 15) is 35.1 Å². The Morgan fingerprint density at radius 1 is 0.719 bits per heavy atom. The Morgan fingerprint density at radius 3 is 1.41 bits per heavy atom. The summed E-state index contributed by atoms with van der Waals surface area (Å²) in [5.74, 6) is -3.88. The van der Waals surface area contributed by atoms with Crippen LogP contribution in [-0.4, -0.2) is 43.5 Å². The number of aliphatic hydroxyl groups is 1. The number of primary amides is 2. The van der Waals surface area contributed by atoms with E-state index in [2.05, 4.69) is 0 Å². The summed E-state index contributed by atoms with van der Waals surface area (Å²) in [5.41, 5.74) is 12.1. The second-order valence-electron chi connectivity index (χ2n) is 7.69. The molecule has 2 aromatic carbocycles. The molecule has 32 heavy (non-hydrogen) atoms. The van der Waals surface area contributed by atoms with Crippen molar-refractivity contribution in [3.63, 3.8) is 0 Å². The third-order valence-electron chi connectivity index (χ3n) is 5.63. The van der Waals surface area contributed by atoms with Gasteiger partial charge in [-0.3, -0.25) is 9.59 Å². The summed E-state index contributed by atoms with van der Waals surface area (Å²) >= 11 is 0. The van der Waals surface area contributed by atoms with Crippen LogP contribution in [0.1, 0.15) is 46.9 Å². The summed E-state index contributed by atoms with van der Waals surface area (Å²) in [6.07, 6.45) is 4.98. The van der Waals surface area contributed by atoms with Gasteiger partial charge in [0.05, 0.1) is 6.10 Å². The van der Waals surface area contributed by atoms with E-state index in [4.69, 9.17) is 11.5 Å². The molecule has 2 unspecified atom stereocenters. The lowest BCUT2D eigenvalue weighted by atomic mass is 9.85. The summed E-state index contributed by atoms with van der Waals surface area (Å²) in [6.45, 7) is 0. The summed E-state index contributed by atoms with van der Waals surface area (Å²) < 4.78 is 0. The van der Waals surface area contributed by atoms with Crippen LogP contribution in [0.2, 0.25) is 0 Å². The molecule has 0 bridgehead atoms. The Morgan fingerprint density at radius 2 is 1.06 bits per heavy atom. The Balaban J connectivity index is 2.03. The van der Waals surface area contributed by atoms with E-state index in [1.807, 2.05) is 0 Å². The van der Waals surface area contributed by atoms with Crippen LogP contribution in [0.5, 0.6) is 23.0 Å². The van der Waals surface area contributed by atoms with Crippen LogP contribution in [-0.2, 0) is 9.59 Å². The predicted octanol–water partition coefficient (Wildman–Crippen LogP) is 1.53. The van der Waals surface area contributed by atoms with Crippen molar-refractivity contribution in [3.05, 3.63) is 58.7 Å². The number of aliphatic hydroxyl groups excluding tert-OH is 1. The first-order chi connectivity index (χ1) is 15.1. The molecule has 2 amide bonds. The largest absolute Gasteiger partial charge is 0.504 e. The number of hydrogen-bond donors (Lipinski definition) is 7. The molecule has 0 aliphatic heterocycles. The fourth-order valence-electron chi connectivity index (χ4n) is 4.15. The quantitative estimate of drug-likeness (QED) is 0.262. The highest BCUT2D eigenvalue weighted by Gasteiger charge is 2.38. The molecule has 1 saturated carbocycles. The fourth-order valence-corrected chi connectivity index (χ4v) is 4.15. The molecule has 0 radical (unpaired) electrons. The highest BCUT2D eigenvalue weighted by Crippen LogP contribution is 2.48. The smallest absolute Gasteiger partial charge is 0.241 e. The van der Waals surface area contributed by atoms with Gasteiger partial charge in [-0.25, -0.2) is 0 Å². The van der Waals surface area contributed by atoms with Crippen molar-refractivity contribution in [2.75, 3.05) is 0 Å². The third-order valence-corrected chi connectivity index (χ3v) is 5.63. The zero-order valence-electron chi connectivity index (χ0n) is 17.0. The van der Waals surface area contributed by atoms with Gasteiger partial charge >= 0.3 is 0 Å². The van der Waals surface area contributed by atoms with Gasteiger partial charge in [-0.05, 0) is 71.5 Å². The fraction of sp³-hybridized carbons (Fsp3) is 0.217. The summed E-state index contributed by atoms with van der Waals surface area (Å²) in [6, 6.07) is 5.21. The Labute approximate surface area is 183 Å². The van der Waals surface area contributed by atoms with Crippen LogP contribution in [0.25, 0.3) is 12.2 Å². The molecule has 0 saturated heterocycles. The first kappa shape index (κ1) is 22.7. The van der Waals surface area contributed by atoms with Crippen LogP contribution >= 0.6 is 0 Å². The van der Waals surface area contributed by atoms with E-state index in [0.29, 0.717) is 35.1 Å². The molecule has 0 heterocycles. The van der Waals surface area contributed by atoms with Crippen molar-refractivity contribution in [3.8, 4) is 23.0 Å². The summed E-state index contributed by atoms with van der Waals surface area (Å²) in [5, 5.41) is 50.9. The van der Waals surface area contributed by atoms with Gasteiger partial charge in [0.15, 0.2) is 23.0 Å². The Kier molecular flexibility index (Phi) is 6.40. The zero-order valence-corrected chi connectivity index (χ0v) is 17.0. The zero-order chi connectivity index (χ0) is 23.6. The normalized spacial score (nSPS) is 20.8. The minimum Gasteiger partial charge on any atom is -0.504 e. The van der Waals surface area contributed by atoms with Crippen LogP contribution in [0.4, 0.5) is 0 Å². The number of rotatable bonds is 6. The summed E-state index contributed by atoms with van der Waals surface area (Å²) in [4.78, 5) is 22.3. The Hall–Kier alpha value is -3.98. The maximum absolute atomic E-state index is 11.2. The van der Waals surface area contributed by atoms with E-state index >= 15 is 0 Å². The molecule has 9 heteroatoms. The van der Waals surface area contributed by atoms with E-state index in [1.54, 1.807) is 0 Å². The van der Waals surface area contributed by atoms with Crippen molar-refractivity contribution in [2.24, 2.45) is 11.5 Å². The van der Waals surface area contributed by atoms with Gasteiger partial charge in [0, 0.05) is 24.0 Å². The number of nitrogens with two attached hydrogens (primary N) is 2. The topological polar surface area (TPSA) is 187 Å².